The number of amides is 1. The number of carbonyl (C=O) groups is 1. The minimum atomic E-state index is -0.0185. The molecular weight excluding hydrogens is 286 g/mol. The Balaban J connectivity index is 1.90. The average Bonchev–Trinajstić information content (AvgIpc) is 2.48. The molecule has 2 aromatic rings. The summed E-state index contributed by atoms with van der Waals surface area (Å²) in [6, 6.07) is 13.5. The Kier molecular flexibility index (Phi) is 5.09. The van der Waals surface area contributed by atoms with Gasteiger partial charge in [0.15, 0.2) is 0 Å². The summed E-state index contributed by atoms with van der Waals surface area (Å²) in [5.74, 6) is 0.219. The molecule has 0 saturated heterocycles. The zero-order valence-corrected chi connectivity index (χ0v) is 14.3. The molecule has 0 aliphatic carbocycles. The maximum absolute atomic E-state index is 12.0. The number of phenolic OH excluding ortho intramolecular Hbond substituents is 1. The summed E-state index contributed by atoms with van der Waals surface area (Å²) < 4.78 is 0. The highest BCUT2D eigenvalue weighted by molar-refractivity contribution is 5.91. The highest BCUT2D eigenvalue weighted by atomic mass is 16.3. The summed E-state index contributed by atoms with van der Waals surface area (Å²) in [4.78, 5) is 12.0. The number of carbonyl (C=O) groups excluding carboxylic acids is 1. The van der Waals surface area contributed by atoms with Crippen LogP contribution in [0, 0.1) is 6.92 Å². The second kappa shape index (κ2) is 6.86. The molecule has 0 atom stereocenters. The number of aromatic hydroxyl groups is 1. The first-order valence-corrected chi connectivity index (χ1v) is 7.94. The molecule has 2 N–H and O–H groups in total. The highest BCUT2D eigenvalue weighted by Crippen LogP contribution is 2.23. The lowest BCUT2D eigenvalue weighted by Crippen LogP contribution is -2.13. The Bertz CT molecular complexity index is 682. The quantitative estimate of drug-likeness (QED) is 0.813. The van der Waals surface area contributed by atoms with Gasteiger partial charge < -0.3 is 10.4 Å². The van der Waals surface area contributed by atoms with Gasteiger partial charge in [-0.3, -0.25) is 4.79 Å². The van der Waals surface area contributed by atoms with Crippen LogP contribution in [0.15, 0.2) is 42.5 Å². The number of nitrogens with one attached hydrogen (secondary N) is 1. The predicted octanol–water partition coefficient (Wildman–Crippen LogP) is 4.57. The van der Waals surface area contributed by atoms with Crippen LogP contribution in [-0.4, -0.2) is 11.0 Å². The minimum Gasteiger partial charge on any atom is -0.508 e. The summed E-state index contributed by atoms with van der Waals surface area (Å²) in [6.07, 6.45) is 1.15. The van der Waals surface area contributed by atoms with Gasteiger partial charge in [-0.2, -0.15) is 0 Å². The molecule has 0 heterocycles. The van der Waals surface area contributed by atoms with E-state index >= 15 is 0 Å². The third-order valence-corrected chi connectivity index (χ3v) is 3.94. The number of benzene rings is 2. The van der Waals surface area contributed by atoms with E-state index in [0.717, 1.165) is 11.1 Å². The fourth-order valence-electron chi connectivity index (χ4n) is 2.39. The fourth-order valence-corrected chi connectivity index (χ4v) is 2.39. The molecule has 0 bridgehead atoms. The van der Waals surface area contributed by atoms with Gasteiger partial charge in [-0.15, -0.1) is 0 Å². The van der Waals surface area contributed by atoms with E-state index in [0.29, 0.717) is 18.5 Å². The molecule has 3 nitrogen and oxygen atoms in total. The van der Waals surface area contributed by atoms with Crippen LogP contribution in [0.2, 0.25) is 0 Å². The van der Waals surface area contributed by atoms with Crippen molar-refractivity contribution in [2.45, 2.75) is 46.0 Å². The fraction of sp³-hybridized carbons (Fsp3) is 0.350. The summed E-state index contributed by atoms with van der Waals surface area (Å²) >= 11 is 0. The Morgan fingerprint density at radius 2 is 1.74 bits per heavy atom. The van der Waals surface area contributed by atoms with Crippen LogP contribution in [0.3, 0.4) is 0 Å². The molecule has 3 heteroatoms. The molecule has 0 radical (unpaired) electrons. The van der Waals surface area contributed by atoms with E-state index in [1.165, 1.54) is 5.56 Å². The normalized spacial score (nSPS) is 11.3. The van der Waals surface area contributed by atoms with Crippen LogP contribution in [0.5, 0.6) is 5.75 Å². The lowest BCUT2D eigenvalue weighted by molar-refractivity contribution is -0.116. The molecule has 0 spiro atoms. The maximum Gasteiger partial charge on any atom is 0.224 e. The van der Waals surface area contributed by atoms with Gasteiger partial charge >= 0.3 is 0 Å². The van der Waals surface area contributed by atoms with Gasteiger partial charge in [-0.25, -0.2) is 0 Å². The van der Waals surface area contributed by atoms with Crippen molar-refractivity contribution in [2.24, 2.45) is 0 Å². The van der Waals surface area contributed by atoms with Crippen molar-refractivity contribution in [1.29, 1.82) is 0 Å². The zero-order valence-electron chi connectivity index (χ0n) is 14.3. The van der Waals surface area contributed by atoms with E-state index in [2.05, 4.69) is 50.4 Å². The predicted molar refractivity (Wildman–Crippen MR) is 94.9 cm³/mol. The van der Waals surface area contributed by atoms with Crippen molar-refractivity contribution in [2.75, 3.05) is 5.32 Å². The number of hydrogen-bond acceptors (Lipinski definition) is 2. The molecule has 0 aromatic heterocycles. The van der Waals surface area contributed by atoms with E-state index in [1.54, 1.807) is 18.2 Å². The Labute approximate surface area is 138 Å². The average molecular weight is 311 g/mol. The first-order chi connectivity index (χ1) is 10.8. The van der Waals surface area contributed by atoms with Crippen molar-refractivity contribution >= 4 is 11.6 Å². The summed E-state index contributed by atoms with van der Waals surface area (Å²) in [7, 11) is 0. The number of rotatable bonds is 4. The number of phenols is 1. The SMILES string of the molecule is Cc1cc(NC(=O)CCc2ccc(C(C)(C)C)cc2)ccc1O. The van der Waals surface area contributed by atoms with E-state index in [-0.39, 0.29) is 17.1 Å². The van der Waals surface area contributed by atoms with Crippen molar-refractivity contribution in [1.82, 2.24) is 0 Å². The van der Waals surface area contributed by atoms with Crippen LogP contribution < -0.4 is 5.32 Å². The molecular formula is C20H25NO2. The third kappa shape index (κ3) is 4.85. The summed E-state index contributed by atoms with van der Waals surface area (Å²) in [5.41, 5.74) is 4.07. The zero-order chi connectivity index (χ0) is 17.0. The largest absolute Gasteiger partial charge is 0.508 e. The van der Waals surface area contributed by atoms with Crippen molar-refractivity contribution in [3.05, 3.63) is 59.2 Å². The lowest BCUT2D eigenvalue weighted by atomic mass is 9.86. The molecule has 0 saturated carbocycles. The maximum atomic E-state index is 12.0. The van der Waals surface area contributed by atoms with E-state index < -0.39 is 0 Å². The van der Waals surface area contributed by atoms with Gasteiger partial charge in [0.2, 0.25) is 5.91 Å². The van der Waals surface area contributed by atoms with Gasteiger partial charge in [0, 0.05) is 12.1 Å². The van der Waals surface area contributed by atoms with Gasteiger partial charge in [0.05, 0.1) is 0 Å². The van der Waals surface area contributed by atoms with E-state index in [1.807, 2.05) is 6.92 Å². The van der Waals surface area contributed by atoms with Crippen LogP contribution in [0.25, 0.3) is 0 Å². The summed E-state index contributed by atoms with van der Waals surface area (Å²) in [6.45, 7) is 8.38. The molecule has 0 aliphatic heterocycles. The van der Waals surface area contributed by atoms with E-state index in [4.69, 9.17) is 0 Å². The topological polar surface area (TPSA) is 49.3 Å². The number of anilines is 1. The Morgan fingerprint density at radius 3 is 2.30 bits per heavy atom. The Hall–Kier alpha value is -2.29. The van der Waals surface area contributed by atoms with Crippen LogP contribution >= 0.6 is 0 Å². The molecule has 0 fully saturated rings. The second-order valence-electron chi connectivity index (χ2n) is 7.00. The first kappa shape index (κ1) is 17.1. The number of hydrogen-bond donors (Lipinski definition) is 2. The van der Waals surface area contributed by atoms with Crippen molar-refractivity contribution < 1.29 is 9.90 Å². The van der Waals surface area contributed by atoms with Gasteiger partial charge in [-0.1, -0.05) is 45.0 Å². The number of aryl methyl sites for hydroxylation is 2. The highest BCUT2D eigenvalue weighted by Gasteiger charge is 2.13. The molecule has 23 heavy (non-hydrogen) atoms. The molecule has 0 unspecified atom stereocenters. The summed E-state index contributed by atoms with van der Waals surface area (Å²) in [5, 5.41) is 12.4. The third-order valence-electron chi connectivity index (χ3n) is 3.94. The first-order valence-electron chi connectivity index (χ1n) is 7.94. The van der Waals surface area contributed by atoms with Crippen LogP contribution in [-0.2, 0) is 16.6 Å². The standard InChI is InChI=1S/C20H25NO2/c1-14-13-17(10-11-18(14)22)21-19(23)12-7-15-5-8-16(9-6-15)20(2,3)4/h5-6,8-11,13,22H,7,12H2,1-4H3,(H,21,23). The van der Waals surface area contributed by atoms with E-state index in [9.17, 15) is 9.90 Å². The molecule has 2 aromatic carbocycles. The smallest absolute Gasteiger partial charge is 0.224 e. The molecule has 0 aliphatic rings. The molecule has 1 amide bonds. The molecule has 122 valence electrons. The minimum absolute atomic E-state index is 0.0185. The molecule has 2 rings (SSSR count). The second-order valence-corrected chi connectivity index (χ2v) is 7.00. The van der Waals surface area contributed by atoms with Gasteiger partial charge in [0.1, 0.15) is 5.75 Å². The van der Waals surface area contributed by atoms with Crippen LogP contribution in [0.4, 0.5) is 5.69 Å². The van der Waals surface area contributed by atoms with Gasteiger partial charge in [0.25, 0.3) is 0 Å². The lowest BCUT2D eigenvalue weighted by Gasteiger charge is -2.19. The Morgan fingerprint density at radius 1 is 1.09 bits per heavy atom. The van der Waals surface area contributed by atoms with Crippen LogP contribution in [0.1, 0.15) is 43.9 Å². The monoisotopic (exact) mass is 311 g/mol. The van der Waals surface area contributed by atoms with Crippen molar-refractivity contribution in [3.63, 3.8) is 0 Å². The van der Waals surface area contributed by atoms with Crippen molar-refractivity contribution in [3.8, 4) is 5.75 Å². The van der Waals surface area contributed by atoms with Gasteiger partial charge in [-0.05, 0) is 53.6 Å².